The first-order valence-electron chi connectivity index (χ1n) is 7.79. The van der Waals surface area contributed by atoms with Crippen LogP contribution in [0.5, 0.6) is 11.6 Å². The molecule has 0 atom stereocenters. The topological polar surface area (TPSA) is 43.4 Å². The molecule has 1 aromatic rings. The molecule has 1 aliphatic rings. The number of methoxy groups -OCH3 is 2. The highest BCUT2D eigenvalue weighted by Gasteiger charge is 2.30. The molecule has 1 heterocycles. The van der Waals surface area contributed by atoms with E-state index in [2.05, 4.69) is 31.1 Å². The van der Waals surface area contributed by atoms with Crippen molar-refractivity contribution in [3.05, 3.63) is 12.3 Å². The predicted octanol–water partition coefficient (Wildman–Crippen LogP) is 4.12. The Labute approximate surface area is 128 Å². The second-order valence-electron chi connectivity index (χ2n) is 6.96. The summed E-state index contributed by atoms with van der Waals surface area (Å²) in [4.78, 5) is 4.18. The first-order valence-corrected chi connectivity index (χ1v) is 7.79. The molecule has 0 radical (unpaired) electrons. The standard InChI is InChI=1S/C17H28N2O2/c1-17(2,3)12-6-8-13(9-7-12)19-14-10-11-18-16(21-5)15(14)20-4/h10-13H,6-9H2,1-5H3,(H,18,19). The Balaban J connectivity index is 2.01. The Morgan fingerprint density at radius 1 is 1.10 bits per heavy atom. The SMILES string of the molecule is COc1nccc(NC2CCC(C(C)(C)C)CC2)c1OC. The van der Waals surface area contributed by atoms with Crippen molar-refractivity contribution >= 4 is 5.69 Å². The lowest BCUT2D eigenvalue weighted by Crippen LogP contribution is -2.31. The average molecular weight is 292 g/mol. The van der Waals surface area contributed by atoms with Crippen LogP contribution in [0.4, 0.5) is 5.69 Å². The van der Waals surface area contributed by atoms with Gasteiger partial charge in [0.25, 0.3) is 5.88 Å². The number of ether oxygens (including phenoxy) is 2. The number of hydrogen-bond donors (Lipinski definition) is 1. The zero-order valence-electron chi connectivity index (χ0n) is 13.9. The number of anilines is 1. The fourth-order valence-corrected chi connectivity index (χ4v) is 3.21. The van der Waals surface area contributed by atoms with Crippen LogP contribution in [-0.4, -0.2) is 25.2 Å². The van der Waals surface area contributed by atoms with Crippen molar-refractivity contribution in [1.29, 1.82) is 0 Å². The van der Waals surface area contributed by atoms with E-state index in [-0.39, 0.29) is 0 Å². The second kappa shape index (κ2) is 6.54. The number of pyridine rings is 1. The molecule has 0 aliphatic heterocycles. The van der Waals surface area contributed by atoms with E-state index in [9.17, 15) is 0 Å². The summed E-state index contributed by atoms with van der Waals surface area (Å²) in [6.07, 6.45) is 6.73. The van der Waals surface area contributed by atoms with Gasteiger partial charge in [-0.25, -0.2) is 4.98 Å². The van der Waals surface area contributed by atoms with E-state index < -0.39 is 0 Å². The Kier molecular flexibility index (Phi) is 4.96. The zero-order valence-corrected chi connectivity index (χ0v) is 13.9. The first-order chi connectivity index (χ1) is 9.95. The van der Waals surface area contributed by atoms with E-state index in [1.54, 1.807) is 20.4 Å². The van der Waals surface area contributed by atoms with Gasteiger partial charge >= 0.3 is 0 Å². The van der Waals surface area contributed by atoms with Gasteiger partial charge in [0.15, 0.2) is 0 Å². The molecule has 21 heavy (non-hydrogen) atoms. The van der Waals surface area contributed by atoms with Crippen LogP contribution in [-0.2, 0) is 0 Å². The molecule has 0 aromatic carbocycles. The highest BCUT2D eigenvalue weighted by molar-refractivity contribution is 5.60. The molecule has 1 aromatic heterocycles. The third kappa shape index (κ3) is 3.80. The Bertz CT molecular complexity index is 460. The number of nitrogens with one attached hydrogen (secondary N) is 1. The summed E-state index contributed by atoms with van der Waals surface area (Å²) in [7, 11) is 3.27. The maximum Gasteiger partial charge on any atom is 0.258 e. The predicted molar refractivity (Wildman–Crippen MR) is 86.2 cm³/mol. The van der Waals surface area contributed by atoms with Crippen molar-refractivity contribution in [1.82, 2.24) is 4.98 Å². The average Bonchev–Trinajstić information content (AvgIpc) is 2.46. The summed E-state index contributed by atoms with van der Waals surface area (Å²) >= 11 is 0. The zero-order chi connectivity index (χ0) is 15.5. The van der Waals surface area contributed by atoms with Gasteiger partial charge in [0.05, 0.1) is 19.9 Å². The van der Waals surface area contributed by atoms with Crippen molar-refractivity contribution in [3.8, 4) is 11.6 Å². The molecule has 0 amide bonds. The molecule has 4 nitrogen and oxygen atoms in total. The summed E-state index contributed by atoms with van der Waals surface area (Å²) in [5.41, 5.74) is 1.39. The van der Waals surface area contributed by atoms with Crippen LogP contribution in [0, 0.1) is 11.3 Å². The maximum absolute atomic E-state index is 5.43. The molecule has 2 rings (SSSR count). The quantitative estimate of drug-likeness (QED) is 0.906. The maximum atomic E-state index is 5.43. The lowest BCUT2D eigenvalue weighted by molar-refractivity contribution is 0.173. The summed E-state index contributed by atoms with van der Waals surface area (Å²) in [5.74, 6) is 2.05. The van der Waals surface area contributed by atoms with Crippen LogP contribution in [0.1, 0.15) is 46.5 Å². The molecule has 1 N–H and O–H groups in total. The number of nitrogens with zero attached hydrogens (tertiary/aromatic N) is 1. The van der Waals surface area contributed by atoms with Crippen LogP contribution in [0.25, 0.3) is 0 Å². The minimum atomic E-state index is 0.419. The molecule has 4 heteroatoms. The van der Waals surface area contributed by atoms with Crippen molar-refractivity contribution in [2.75, 3.05) is 19.5 Å². The van der Waals surface area contributed by atoms with Gasteiger partial charge in [0.1, 0.15) is 0 Å². The van der Waals surface area contributed by atoms with Gasteiger partial charge in [0, 0.05) is 12.2 Å². The van der Waals surface area contributed by atoms with Crippen molar-refractivity contribution in [2.24, 2.45) is 11.3 Å². The molecule has 1 aliphatic carbocycles. The lowest BCUT2D eigenvalue weighted by Gasteiger charge is -2.37. The highest BCUT2D eigenvalue weighted by Crippen LogP contribution is 2.40. The molecular formula is C17H28N2O2. The Morgan fingerprint density at radius 2 is 1.76 bits per heavy atom. The van der Waals surface area contributed by atoms with Crippen LogP contribution in [0.3, 0.4) is 0 Å². The van der Waals surface area contributed by atoms with Crippen LogP contribution < -0.4 is 14.8 Å². The van der Waals surface area contributed by atoms with Crippen molar-refractivity contribution in [3.63, 3.8) is 0 Å². The summed E-state index contributed by atoms with van der Waals surface area (Å²) < 4.78 is 10.7. The van der Waals surface area contributed by atoms with E-state index in [0.717, 1.165) is 11.6 Å². The van der Waals surface area contributed by atoms with Gasteiger partial charge in [-0.2, -0.15) is 0 Å². The Morgan fingerprint density at radius 3 is 2.29 bits per heavy atom. The largest absolute Gasteiger partial charge is 0.490 e. The second-order valence-corrected chi connectivity index (χ2v) is 6.96. The normalized spacial score (nSPS) is 22.7. The van der Waals surface area contributed by atoms with E-state index in [1.807, 2.05) is 6.07 Å². The van der Waals surface area contributed by atoms with Crippen molar-refractivity contribution < 1.29 is 9.47 Å². The smallest absolute Gasteiger partial charge is 0.258 e. The summed E-state index contributed by atoms with van der Waals surface area (Å²) in [5, 5.41) is 3.60. The highest BCUT2D eigenvalue weighted by atomic mass is 16.5. The van der Waals surface area contributed by atoms with Gasteiger partial charge in [-0.05, 0) is 43.1 Å². The molecule has 0 bridgehead atoms. The fraction of sp³-hybridized carbons (Fsp3) is 0.706. The number of rotatable bonds is 4. The minimum absolute atomic E-state index is 0.419. The fourth-order valence-electron chi connectivity index (χ4n) is 3.21. The van der Waals surface area contributed by atoms with Crippen LogP contribution >= 0.6 is 0 Å². The monoisotopic (exact) mass is 292 g/mol. The van der Waals surface area contributed by atoms with Gasteiger partial charge in [0.2, 0.25) is 5.75 Å². The third-order valence-electron chi connectivity index (χ3n) is 4.58. The molecule has 118 valence electrons. The van der Waals surface area contributed by atoms with Gasteiger partial charge < -0.3 is 14.8 Å². The van der Waals surface area contributed by atoms with E-state index in [4.69, 9.17) is 9.47 Å². The van der Waals surface area contributed by atoms with E-state index >= 15 is 0 Å². The van der Waals surface area contributed by atoms with Crippen LogP contribution in [0.2, 0.25) is 0 Å². The molecule has 0 unspecified atom stereocenters. The Hall–Kier alpha value is -1.45. The van der Waals surface area contributed by atoms with Gasteiger partial charge in [-0.3, -0.25) is 0 Å². The summed E-state index contributed by atoms with van der Waals surface area (Å²) in [6, 6.07) is 2.46. The molecule has 0 spiro atoms. The van der Waals surface area contributed by atoms with Gasteiger partial charge in [-0.1, -0.05) is 20.8 Å². The molecular weight excluding hydrogens is 264 g/mol. The van der Waals surface area contributed by atoms with Crippen LogP contribution in [0.15, 0.2) is 12.3 Å². The molecule has 1 saturated carbocycles. The minimum Gasteiger partial charge on any atom is -0.490 e. The number of aromatic nitrogens is 1. The molecule has 0 saturated heterocycles. The van der Waals surface area contributed by atoms with Gasteiger partial charge in [-0.15, -0.1) is 0 Å². The molecule has 1 fully saturated rings. The summed E-state index contributed by atoms with van der Waals surface area (Å²) in [6.45, 7) is 7.05. The number of hydrogen-bond acceptors (Lipinski definition) is 4. The van der Waals surface area contributed by atoms with E-state index in [0.29, 0.717) is 23.1 Å². The van der Waals surface area contributed by atoms with E-state index in [1.165, 1.54) is 25.7 Å². The third-order valence-corrected chi connectivity index (χ3v) is 4.58. The van der Waals surface area contributed by atoms with Crippen molar-refractivity contribution in [2.45, 2.75) is 52.5 Å². The lowest BCUT2D eigenvalue weighted by atomic mass is 9.71. The first kappa shape index (κ1) is 15.9.